The number of fused-ring (bicyclic) bond motifs is 2. The zero-order chi connectivity index (χ0) is 23.9. The molecule has 6 rings (SSSR count). The Balaban J connectivity index is 1.08. The number of benzene rings is 2. The van der Waals surface area contributed by atoms with Crippen LogP contribution in [-0.2, 0) is 22.7 Å². The summed E-state index contributed by atoms with van der Waals surface area (Å²) >= 11 is 0. The van der Waals surface area contributed by atoms with Gasteiger partial charge in [-0.15, -0.1) is 0 Å². The first kappa shape index (κ1) is 21.7. The molecule has 2 atom stereocenters. The van der Waals surface area contributed by atoms with E-state index in [9.17, 15) is 14.4 Å². The molecule has 1 unspecified atom stereocenters. The lowest BCUT2D eigenvalue weighted by Gasteiger charge is -2.29. The lowest BCUT2D eigenvalue weighted by atomic mass is 10.0. The van der Waals surface area contributed by atoms with Crippen molar-refractivity contribution in [1.29, 1.82) is 0 Å². The molecule has 0 aliphatic carbocycles. The predicted molar refractivity (Wildman–Crippen MR) is 126 cm³/mol. The summed E-state index contributed by atoms with van der Waals surface area (Å²) in [5.74, 6) is -0.144. The Morgan fingerprint density at radius 1 is 1.03 bits per heavy atom. The van der Waals surface area contributed by atoms with E-state index in [0.717, 1.165) is 54.0 Å². The van der Waals surface area contributed by atoms with Crippen LogP contribution in [0.3, 0.4) is 0 Å². The molecule has 178 valence electrons. The molecule has 2 fully saturated rings. The van der Waals surface area contributed by atoms with Crippen molar-refractivity contribution in [2.45, 2.75) is 44.5 Å². The van der Waals surface area contributed by atoms with Gasteiger partial charge in [-0.1, -0.05) is 18.2 Å². The molecule has 4 heterocycles. The van der Waals surface area contributed by atoms with E-state index in [1.807, 2.05) is 36.4 Å². The minimum Gasteiger partial charge on any atom is -0.489 e. The second-order valence-corrected chi connectivity index (χ2v) is 9.38. The number of nitrogens with one attached hydrogen (secondary N) is 1. The molecule has 2 saturated heterocycles. The molecule has 9 heteroatoms. The summed E-state index contributed by atoms with van der Waals surface area (Å²) in [7, 11) is 0. The highest BCUT2D eigenvalue weighted by Crippen LogP contribution is 2.31. The van der Waals surface area contributed by atoms with Crippen LogP contribution >= 0.6 is 0 Å². The normalized spacial score (nSPS) is 22.5. The fourth-order valence-corrected chi connectivity index (χ4v) is 5.19. The Hall–Kier alpha value is -3.85. The number of ether oxygens (including phenoxy) is 1. The van der Waals surface area contributed by atoms with E-state index >= 15 is 0 Å². The van der Waals surface area contributed by atoms with Gasteiger partial charge in [0.25, 0.3) is 5.91 Å². The molecule has 35 heavy (non-hydrogen) atoms. The maximum atomic E-state index is 12.9. The maximum absolute atomic E-state index is 12.9. The standard InChI is InChI=1S/C26H25N5O4/c32-24-8-7-23(25(33)27-24)31-13-17-12-19(5-6-21(17)26(31)34)35-20-9-10-30(15-20)14-18-11-16-3-1-2-4-22(16)29-28-18/h1-6,11-12,20,23H,7-10,13-15H2,(H,27,32,33)/t20-,23?/m0/s1. The molecular weight excluding hydrogens is 446 g/mol. The van der Waals surface area contributed by atoms with Gasteiger partial charge >= 0.3 is 0 Å². The zero-order valence-electron chi connectivity index (χ0n) is 19.1. The maximum Gasteiger partial charge on any atom is 0.255 e. The monoisotopic (exact) mass is 471 g/mol. The van der Waals surface area contributed by atoms with Crippen molar-refractivity contribution >= 4 is 28.6 Å². The molecule has 1 aromatic heterocycles. The summed E-state index contributed by atoms with van der Waals surface area (Å²) in [5.41, 5.74) is 3.27. The van der Waals surface area contributed by atoms with Crippen LogP contribution in [-0.4, -0.2) is 63.0 Å². The number of likely N-dealkylation sites (tertiary alicyclic amines) is 1. The minimum absolute atomic E-state index is 0.0461. The molecule has 0 saturated carbocycles. The molecule has 2 aromatic carbocycles. The third kappa shape index (κ3) is 4.23. The van der Waals surface area contributed by atoms with Crippen molar-refractivity contribution in [2.75, 3.05) is 13.1 Å². The predicted octanol–water partition coefficient (Wildman–Crippen LogP) is 2.04. The Labute approximate surface area is 202 Å². The third-order valence-corrected chi connectivity index (χ3v) is 6.96. The van der Waals surface area contributed by atoms with E-state index in [-0.39, 0.29) is 24.3 Å². The Morgan fingerprint density at radius 3 is 2.80 bits per heavy atom. The van der Waals surface area contributed by atoms with Crippen LogP contribution in [0.15, 0.2) is 48.5 Å². The first-order chi connectivity index (χ1) is 17.0. The number of amides is 3. The number of hydrogen-bond donors (Lipinski definition) is 1. The number of nitrogens with zero attached hydrogens (tertiary/aromatic N) is 4. The van der Waals surface area contributed by atoms with Gasteiger partial charge in [0.1, 0.15) is 17.9 Å². The summed E-state index contributed by atoms with van der Waals surface area (Å²) in [6, 6.07) is 14.9. The van der Waals surface area contributed by atoms with Crippen molar-refractivity contribution in [3.63, 3.8) is 0 Å². The highest BCUT2D eigenvalue weighted by atomic mass is 16.5. The Kier molecular flexibility index (Phi) is 5.41. The molecule has 0 bridgehead atoms. The molecule has 3 aromatic rings. The van der Waals surface area contributed by atoms with Crippen LogP contribution < -0.4 is 10.1 Å². The number of carbonyl (C=O) groups excluding carboxylic acids is 3. The summed E-state index contributed by atoms with van der Waals surface area (Å²) in [5, 5.41) is 12.1. The van der Waals surface area contributed by atoms with Gasteiger partial charge in [0.15, 0.2) is 0 Å². The van der Waals surface area contributed by atoms with Gasteiger partial charge in [0.05, 0.1) is 11.2 Å². The average molecular weight is 472 g/mol. The summed E-state index contributed by atoms with van der Waals surface area (Å²) < 4.78 is 6.26. The molecule has 0 spiro atoms. The number of aromatic nitrogens is 2. The largest absolute Gasteiger partial charge is 0.489 e. The SMILES string of the molecule is O=C1CCC(N2Cc3cc(O[C@H]4CCN(Cc5cc6ccccc6nn5)C4)ccc3C2=O)C(=O)N1. The van der Waals surface area contributed by atoms with E-state index in [1.165, 1.54) is 0 Å². The van der Waals surface area contributed by atoms with Crippen LogP contribution in [0, 0.1) is 0 Å². The van der Waals surface area contributed by atoms with E-state index < -0.39 is 11.9 Å². The quantitative estimate of drug-likeness (QED) is 0.568. The van der Waals surface area contributed by atoms with Gasteiger partial charge in [0, 0.05) is 43.5 Å². The summed E-state index contributed by atoms with van der Waals surface area (Å²) in [6.45, 7) is 2.76. The Morgan fingerprint density at radius 2 is 1.91 bits per heavy atom. The van der Waals surface area contributed by atoms with E-state index in [4.69, 9.17) is 4.74 Å². The van der Waals surface area contributed by atoms with Gasteiger partial charge < -0.3 is 9.64 Å². The number of imide groups is 1. The van der Waals surface area contributed by atoms with Gasteiger partial charge in [-0.25, -0.2) is 0 Å². The molecule has 3 aliphatic heterocycles. The smallest absolute Gasteiger partial charge is 0.255 e. The first-order valence-electron chi connectivity index (χ1n) is 11.9. The summed E-state index contributed by atoms with van der Waals surface area (Å²) in [6.07, 6.45) is 1.55. The van der Waals surface area contributed by atoms with Crippen molar-refractivity contribution in [2.24, 2.45) is 0 Å². The first-order valence-corrected chi connectivity index (χ1v) is 11.9. The van der Waals surface area contributed by atoms with Crippen LogP contribution in [0.4, 0.5) is 0 Å². The van der Waals surface area contributed by atoms with Crippen LogP contribution in [0.1, 0.15) is 40.9 Å². The number of carbonyl (C=O) groups is 3. The lowest BCUT2D eigenvalue weighted by molar-refractivity contribution is -0.136. The fourth-order valence-electron chi connectivity index (χ4n) is 5.19. The highest BCUT2D eigenvalue weighted by molar-refractivity contribution is 6.05. The van der Waals surface area contributed by atoms with Crippen molar-refractivity contribution in [1.82, 2.24) is 25.3 Å². The van der Waals surface area contributed by atoms with Crippen molar-refractivity contribution in [3.8, 4) is 5.75 Å². The second-order valence-electron chi connectivity index (χ2n) is 9.38. The lowest BCUT2D eigenvalue weighted by Crippen LogP contribution is -2.52. The molecule has 3 aliphatic rings. The van der Waals surface area contributed by atoms with Gasteiger partial charge in [-0.2, -0.15) is 10.2 Å². The van der Waals surface area contributed by atoms with E-state index in [1.54, 1.807) is 11.0 Å². The Bertz CT molecular complexity index is 1340. The van der Waals surface area contributed by atoms with Gasteiger partial charge in [-0.05, 0) is 48.7 Å². The second kappa shape index (κ2) is 8.74. The third-order valence-electron chi connectivity index (χ3n) is 6.96. The van der Waals surface area contributed by atoms with Gasteiger partial charge in [0.2, 0.25) is 11.8 Å². The van der Waals surface area contributed by atoms with Gasteiger partial charge in [-0.3, -0.25) is 24.6 Å². The van der Waals surface area contributed by atoms with Crippen LogP contribution in [0.5, 0.6) is 5.75 Å². The topological polar surface area (TPSA) is 105 Å². The van der Waals surface area contributed by atoms with Crippen LogP contribution in [0.25, 0.3) is 10.9 Å². The fraction of sp³-hybridized carbons (Fsp3) is 0.346. The van der Waals surface area contributed by atoms with Crippen molar-refractivity contribution < 1.29 is 19.1 Å². The number of rotatable bonds is 5. The minimum atomic E-state index is -0.612. The average Bonchev–Trinajstić information content (AvgIpc) is 3.42. The molecule has 0 radical (unpaired) electrons. The highest BCUT2D eigenvalue weighted by Gasteiger charge is 2.39. The number of hydrogen-bond acceptors (Lipinski definition) is 7. The molecule has 3 amide bonds. The van der Waals surface area contributed by atoms with Crippen molar-refractivity contribution in [3.05, 3.63) is 65.4 Å². The molecule has 1 N–H and O–H groups in total. The van der Waals surface area contributed by atoms with Crippen LogP contribution in [0.2, 0.25) is 0 Å². The molecular formula is C26H25N5O4. The number of piperidine rings is 1. The van der Waals surface area contributed by atoms with E-state index in [2.05, 4.69) is 26.5 Å². The summed E-state index contributed by atoms with van der Waals surface area (Å²) in [4.78, 5) is 40.5. The van der Waals surface area contributed by atoms with E-state index in [0.29, 0.717) is 18.5 Å². The molecule has 9 nitrogen and oxygen atoms in total. The zero-order valence-corrected chi connectivity index (χ0v) is 19.1.